The fraction of sp³-hybridized carbons (Fsp3) is 0.348. The fourth-order valence-corrected chi connectivity index (χ4v) is 3.95. The van der Waals surface area contributed by atoms with Crippen molar-refractivity contribution in [3.63, 3.8) is 0 Å². The van der Waals surface area contributed by atoms with E-state index in [9.17, 15) is 14.4 Å². The van der Waals surface area contributed by atoms with Gasteiger partial charge in [0.15, 0.2) is 0 Å². The second-order valence-electron chi connectivity index (χ2n) is 7.68. The molecule has 29 heavy (non-hydrogen) atoms. The van der Waals surface area contributed by atoms with Crippen molar-refractivity contribution in [2.75, 3.05) is 5.32 Å². The molecular weight excluding hydrogens is 388 g/mol. The number of ketones is 1. The van der Waals surface area contributed by atoms with Crippen LogP contribution in [0.25, 0.3) is 0 Å². The van der Waals surface area contributed by atoms with Gasteiger partial charge in [-0.25, -0.2) is 0 Å². The summed E-state index contributed by atoms with van der Waals surface area (Å²) in [7, 11) is 0. The van der Waals surface area contributed by atoms with Gasteiger partial charge in [0.05, 0.1) is 11.3 Å². The molecule has 0 unspecified atom stereocenters. The third kappa shape index (κ3) is 4.67. The van der Waals surface area contributed by atoms with Crippen molar-refractivity contribution in [3.8, 4) is 0 Å². The van der Waals surface area contributed by atoms with Crippen LogP contribution in [-0.4, -0.2) is 34.6 Å². The van der Waals surface area contributed by atoms with E-state index < -0.39 is 11.7 Å². The molecule has 0 spiro atoms. The van der Waals surface area contributed by atoms with E-state index in [0.29, 0.717) is 16.1 Å². The molecule has 2 amide bonds. The Morgan fingerprint density at radius 3 is 2.24 bits per heavy atom. The van der Waals surface area contributed by atoms with Crippen LogP contribution in [0.3, 0.4) is 0 Å². The van der Waals surface area contributed by atoms with E-state index in [1.165, 1.54) is 0 Å². The summed E-state index contributed by atoms with van der Waals surface area (Å²) in [6.45, 7) is 5.96. The van der Waals surface area contributed by atoms with Crippen molar-refractivity contribution in [2.24, 2.45) is 0 Å². The van der Waals surface area contributed by atoms with E-state index in [4.69, 9.17) is 11.6 Å². The maximum atomic E-state index is 13.3. The number of aryl methyl sites for hydroxylation is 1. The Kier molecular flexibility index (Phi) is 6.38. The molecule has 3 rings (SSSR count). The van der Waals surface area contributed by atoms with Gasteiger partial charge in [-0.15, -0.1) is 0 Å². The number of benzene rings is 2. The molecule has 1 saturated heterocycles. The van der Waals surface area contributed by atoms with Crippen molar-refractivity contribution in [1.82, 2.24) is 4.90 Å². The lowest BCUT2D eigenvalue weighted by Crippen LogP contribution is -2.47. The molecule has 0 saturated carbocycles. The zero-order chi connectivity index (χ0) is 21.1. The fourth-order valence-electron chi connectivity index (χ4n) is 3.78. The second kappa shape index (κ2) is 8.78. The third-order valence-corrected chi connectivity index (χ3v) is 5.64. The minimum absolute atomic E-state index is 0.1000. The van der Waals surface area contributed by atoms with Crippen LogP contribution in [0, 0.1) is 6.92 Å². The lowest BCUT2D eigenvalue weighted by Gasteiger charge is -2.39. The lowest BCUT2D eigenvalue weighted by atomic mass is 9.96. The lowest BCUT2D eigenvalue weighted by molar-refractivity contribution is -0.112. The molecule has 0 radical (unpaired) electrons. The Labute approximate surface area is 176 Å². The number of carbonyl (C=O) groups excluding carboxylic acids is 3. The number of likely N-dealkylation sites (tertiary alicyclic amines) is 1. The molecular formula is C23H25ClN2O3. The maximum absolute atomic E-state index is 13.3. The van der Waals surface area contributed by atoms with Gasteiger partial charge in [0.2, 0.25) is 0 Å². The average molecular weight is 413 g/mol. The summed E-state index contributed by atoms with van der Waals surface area (Å²) in [6, 6.07) is 11.7. The molecule has 1 fully saturated rings. The summed E-state index contributed by atoms with van der Waals surface area (Å²) < 4.78 is 0. The minimum Gasteiger partial charge on any atom is -0.333 e. The Bertz CT molecular complexity index is 930. The Morgan fingerprint density at radius 1 is 1.00 bits per heavy atom. The molecule has 0 bridgehead atoms. The van der Waals surface area contributed by atoms with Gasteiger partial charge in [0.25, 0.3) is 17.6 Å². The normalized spacial score (nSPS) is 19.0. The SMILES string of the molecule is Cc1ccc(C(=O)C(=O)Nc2ccc(Cl)cc2C(=O)N2[C@H](C)CCC[C@H]2C)cc1. The molecule has 0 aromatic heterocycles. The molecule has 152 valence electrons. The summed E-state index contributed by atoms with van der Waals surface area (Å²) in [5.41, 5.74) is 1.88. The highest BCUT2D eigenvalue weighted by Gasteiger charge is 2.31. The third-order valence-electron chi connectivity index (χ3n) is 5.41. The van der Waals surface area contributed by atoms with Crippen LogP contribution in [-0.2, 0) is 4.79 Å². The topological polar surface area (TPSA) is 66.5 Å². The van der Waals surface area contributed by atoms with E-state index in [1.807, 2.05) is 25.7 Å². The van der Waals surface area contributed by atoms with Gasteiger partial charge in [0, 0.05) is 22.7 Å². The molecule has 2 aromatic rings. The summed E-state index contributed by atoms with van der Waals surface area (Å²) in [6.07, 6.45) is 2.95. The van der Waals surface area contributed by atoms with Crippen LogP contribution < -0.4 is 5.32 Å². The van der Waals surface area contributed by atoms with Crippen LogP contribution >= 0.6 is 11.6 Å². The summed E-state index contributed by atoms with van der Waals surface area (Å²) in [4.78, 5) is 40.1. The van der Waals surface area contributed by atoms with Crippen LogP contribution in [0.2, 0.25) is 5.02 Å². The first-order chi connectivity index (χ1) is 13.8. The van der Waals surface area contributed by atoms with Crippen molar-refractivity contribution in [2.45, 2.75) is 52.1 Å². The van der Waals surface area contributed by atoms with Crippen LogP contribution in [0.1, 0.15) is 59.4 Å². The minimum atomic E-state index is -0.787. The number of anilines is 1. The number of piperidine rings is 1. The van der Waals surface area contributed by atoms with Crippen LogP contribution in [0.5, 0.6) is 0 Å². The zero-order valence-corrected chi connectivity index (χ0v) is 17.6. The number of hydrogen-bond acceptors (Lipinski definition) is 3. The number of nitrogens with zero attached hydrogens (tertiary/aromatic N) is 1. The average Bonchev–Trinajstić information content (AvgIpc) is 2.69. The first-order valence-corrected chi connectivity index (χ1v) is 10.2. The standard InChI is InChI=1S/C23H25ClN2O3/c1-14-7-9-17(10-8-14)21(27)22(28)25-20-12-11-18(24)13-19(20)23(29)26-15(2)5-4-6-16(26)3/h7-13,15-16H,4-6H2,1-3H3,(H,25,28)/t15-,16-/m1/s1. The van der Waals surface area contributed by atoms with Gasteiger partial charge in [-0.2, -0.15) is 0 Å². The van der Waals surface area contributed by atoms with Crippen molar-refractivity contribution < 1.29 is 14.4 Å². The highest BCUT2D eigenvalue weighted by Crippen LogP contribution is 2.29. The van der Waals surface area contributed by atoms with Gasteiger partial charge in [-0.05, 0) is 58.2 Å². The van der Waals surface area contributed by atoms with Crippen LogP contribution in [0.4, 0.5) is 5.69 Å². The Morgan fingerprint density at radius 2 is 1.62 bits per heavy atom. The molecule has 1 aliphatic rings. The maximum Gasteiger partial charge on any atom is 0.296 e. The molecule has 0 aliphatic carbocycles. The predicted octanol–water partition coefficient (Wildman–Crippen LogP) is 4.87. The molecule has 1 aliphatic heterocycles. The molecule has 2 atom stereocenters. The van der Waals surface area contributed by atoms with E-state index in [0.717, 1.165) is 24.8 Å². The van der Waals surface area contributed by atoms with E-state index in [-0.39, 0.29) is 23.7 Å². The first-order valence-electron chi connectivity index (χ1n) is 9.82. The number of hydrogen-bond donors (Lipinski definition) is 1. The quantitative estimate of drug-likeness (QED) is 0.575. The van der Waals surface area contributed by atoms with Gasteiger partial charge in [0.1, 0.15) is 0 Å². The number of nitrogens with one attached hydrogen (secondary N) is 1. The summed E-state index contributed by atoms with van der Waals surface area (Å²) >= 11 is 6.13. The summed E-state index contributed by atoms with van der Waals surface area (Å²) in [5.74, 6) is -1.63. The predicted molar refractivity (Wildman–Crippen MR) is 115 cm³/mol. The largest absolute Gasteiger partial charge is 0.333 e. The molecule has 6 heteroatoms. The number of amides is 2. The highest BCUT2D eigenvalue weighted by molar-refractivity contribution is 6.46. The van der Waals surface area contributed by atoms with Crippen molar-refractivity contribution in [3.05, 3.63) is 64.2 Å². The smallest absolute Gasteiger partial charge is 0.296 e. The van der Waals surface area contributed by atoms with Crippen LogP contribution in [0.15, 0.2) is 42.5 Å². The molecule has 1 heterocycles. The monoisotopic (exact) mass is 412 g/mol. The van der Waals surface area contributed by atoms with Crippen molar-refractivity contribution in [1.29, 1.82) is 0 Å². The van der Waals surface area contributed by atoms with Gasteiger partial charge >= 0.3 is 0 Å². The Hall–Kier alpha value is -2.66. The number of rotatable bonds is 4. The molecule has 1 N–H and O–H groups in total. The molecule has 5 nitrogen and oxygen atoms in total. The van der Waals surface area contributed by atoms with Gasteiger partial charge in [-0.1, -0.05) is 41.4 Å². The van der Waals surface area contributed by atoms with E-state index in [2.05, 4.69) is 5.32 Å². The first kappa shape index (κ1) is 21.1. The number of carbonyl (C=O) groups is 3. The second-order valence-corrected chi connectivity index (χ2v) is 8.12. The van der Waals surface area contributed by atoms with E-state index in [1.54, 1.807) is 42.5 Å². The highest BCUT2D eigenvalue weighted by atomic mass is 35.5. The number of halogens is 1. The Balaban J connectivity index is 1.86. The summed E-state index contributed by atoms with van der Waals surface area (Å²) in [5, 5.41) is 3.00. The van der Waals surface area contributed by atoms with E-state index >= 15 is 0 Å². The van der Waals surface area contributed by atoms with Gasteiger partial charge in [-0.3, -0.25) is 14.4 Å². The number of Topliss-reactive ketones (excluding diaryl/α,β-unsaturated/α-hetero) is 1. The van der Waals surface area contributed by atoms with Gasteiger partial charge < -0.3 is 10.2 Å². The molecule has 2 aromatic carbocycles. The zero-order valence-electron chi connectivity index (χ0n) is 16.9. The van der Waals surface area contributed by atoms with Crippen molar-refractivity contribution >= 4 is 34.9 Å².